The quantitative estimate of drug-likeness (QED) is 0.488. The molecule has 9 nitrogen and oxygen atoms in total. The molecule has 1 aromatic heterocycles. The summed E-state index contributed by atoms with van der Waals surface area (Å²) in [7, 11) is 3.16. The Hall–Kier alpha value is -4.29. The van der Waals surface area contributed by atoms with Crippen LogP contribution in [0.3, 0.4) is 0 Å². The number of aromatic nitrogens is 1. The van der Waals surface area contributed by atoms with Crippen LogP contribution in [0, 0.1) is 18.3 Å². The van der Waals surface area contributed by atoms with E-state index in [0.29, 0.717) is 53.7 Å². The molecule has 1 aliphatic heterocycles. The molecule has 35 heavy (non-hydrogen) atoms. The molecule has 2 aromatic carbocycles. The standard InChI is InChI=1S/C26H24N2O7/c1-15-7-16(9-18(8-15)33-3)25-28-14-20(26(30)31)22(29)11-21(28)19-10-17(13-27)23(12-24(19)35-25)34-6-4-5-32-2/h7-12,14,25H,4-6H2,1-3H3,(H,30,31). The number of rotatable bonds is 8. The SMILES string of the molecule is COCCCOc1cc2c(cc1C#N)-c1cc(=O)c(C(=O)O)cn1C(c1cc(C)cc(OC)c1)O2. The van der Waals surface area contributed by atoms with E-state index in [-0.39, 0.29) is 11.1 Å². The average molecular weight is 476 g/mol. The van der Waals surface area contributed by atoms with Crippen LogP contribution in [0.1, 0.15) is 39.7 Å². The van der Waals surface area contributed by atoms with E-state index >= 15 is 0 Å². The van der Waals surface area contributed by atoms with E-state index in [1.54, 1.807) is 37.0 Å². The first-order chi connectivity index (χ1) is 16.9. The van der Waals surface area contributed by atoms with Crippen LogP contribution in [0.4, 0.5) is 0 Å². The van der Waals surface area contributed by atoms with E-state index in [1.165, 1.54) is 12.3 Å². The molecule has 4 rings (SSSR count). The number of aromatic carboxylic acids is 1. The van der Waals surface area contributed by atoms with Crippen molar-refractivity contribution < 1.29 is 28.8 Å². The number of methoxy groups -OCH3 is 2. The Bertz CT molecular complexity index is 1390. The molecular weight excluding hydrogens is 452 g/mol. The number of hydrogen-bond donors (Lipinski definition) is 1. The van der Waals surface area contributed by atoms with Crippen LogP contribution < -0.4 is 19.6 Å². The summed E-state index contributed by atoms with van der Waals surface area (Å²) < 4.78 is 24.2. The van der Waals surface area contributed by atoms with Crippen LogP contribution in [0.5, 0.6) is 17.2 Å². The van der Waals surface area contributed by atoms with Crippen LogP contribution in [-0.4, -0.2) is 43.1 Å². The van der Waals surface area contributed by atoms with Crippen molar-refractivity contribution in [3.05, 3.63) is 75.1 Å². The molecule has 0 aliphatic carbocycles. The number of aryl methyl sites for hydroxylation is 1. The molecular formula is C26H24N2O7. The fourth-order valence-corrected chi connectivity index (χ4v) is 4.01. The van der Waals surface area contributed by atoms with Crippen molar-refractivity contribution in [2.24, 2.45) is 0 Å². The third-order valence-electron chi connectivity index (χ3n) is 5.62. The lowest BCUT2D eigenvalue weighted by molar-refractivity contribution is 0.0693. The van der Waals surface area contributed by atoms with Gasteiger partial charge in [-0.25, -0.2) is 4.79 Å². The summed E-state index contributed by atoms with van der Waals surface area (Å²) in [5.41, 5.74) is 1.75. The summed E-state index contributed by atoms with van der Waals surface area (Å²) in [6.45, 7) is 2.77. The summed E-state index contributed by atoms with van der Waals surface area (Å²) in [5.74, 6) is 0.0196. The van der Waals surface area contributed by atoms with Crippen molar-refractivity contribution in [3.8, 4) is 34.6 Å². The molecule has 0 bridgehead atoms. The molecule has 0 fully saturated rings. The van der Waals surface area contributed by atoms with Crippen molar-refractivity contribution >= 4 is 5.97 Å². The topological polar surface area (TPSA) is 120 Å². The van der Waals surface area contributed by atoms with Crippen molar-refractivity contribution in [2.75, 3.05) is 27.4 Å². The number of nitriles is 1. The number of pyridine rings is 1. The molecule has 3 aromatic rings. The van der Waals surface area contributed by atoms with Crippen molar-refractivity contribution in [2.45, 2.75) is 19.6 Å². The summed E-state index contributed by atoms with van der Waals surface area (Å²) >= 11 is 0. The minimum atomic E-state index is -1.34. The zero-order chi connectivity index (χ0) is 25.1. The van der Waals surface area contributed by atoms with E-state index in [4.69, 9.17) is 18.9 Å². The van der Waals surface area contributed by atoms with E-state index in [2.05, 4.69) is 6.07 Å². The lowest BCUT2D eigenvalue weighted by Crippen LogP contribution is -2.28. The Labute approximate surface area is 201 Å². The van der Waals surface area contributed by atoms with Gasteiger partial charge in [0.1, 0.15) is 28.9 Å². The fraction of sp³-hybridized carbons (Fsp3) is 0.269. The largest absolute Gasteiger partial charge is 0.497 e. The first-order valence-electron chi connectivity index (χ1n) is 10.9. The number of carbonyl (C=O) groups is 1. The molecule has 9 heteroatoms. The molecule has 0 radical (unpaired) electrons. The van der Waals surface area contributed by atoms with Gasteiger partial charge in [-0.2, -0.15) is 5.26 Å². The van der Waals surface area contributed by atoms with Crippen LogP contribution in [0.15, 0.2) is 47.4 Å². The highest BCUT2D eigenvalue weighted by molar-refractivity contribution is 5.88. The summed E-state index contributed by atoms with van der Waals surface area (Å²) in [6, 6.07) is 12.1. The van der Waals surface area contributed by atoms with Gasteiger partial charge in [0.05, 0.1) is 25.0 Å². The Morgan fingerprint density at radius 3 is 2.66 bits per heavy atom. The predicted octanol–water partition coefficient (Wildman–Crippen LogP) is 3.76. The first kappa shape index (κ1) is 23.9. The first-order valence-corrected chi connectivity index (χ1v) is 10.9. The lowest BCUT2D eigenvalue weighted by atomic mass is 10.0. The van der Waals surface area contributed by atoms with Gasteiger partial charge in [0.25, 0.3) is 0 Å². The lowest BCUT2D eigenvalue weighted by Gasteiger charge is -2.32. The summed E-state index contributed by atoms with van der Waals surface area (Å²) in [6.07, 6.45) is 1.12. The molecule has 1 aliphatic rings. The van der Waals surface area contributed by atoms with E-state index < -0.39 is 17.6 Å². The van der Waals surface area contributed by atoms with Crippen LogP contribution in [-0.2, 0) is 4.74 Å². The zero-order valence-electron chi connectivity index (χ0n) is 19.5. The Kier molecular flexibility index (Phi) is 6.75. The van der Waals surface area contributed by atoms with Gasteiger partial charge in [0, 0.05) is 49.6 Å². The summed E-state index contributed by atoms with van der Waals surface area (Å²) in [5, 5.41) is 19.2. The van der Waals surface area contributed by atoms with Crippen LogP contribution in [0.2, 0.25) is 0 Å². The second-order valence-corrected chi connectivity index (χ2v) is 8.05. The Balaban J connectivity index is 1.90. The Morgan fingerprint density at radius 1 is 1.17 bits per heavy atom. The van der Waals surface area contributed by atoms with Gasteiger partial charge in [-0.3, -0.25) is 4.79 Å². The molecule has 0 saturated carbocycles. The average Bonchev–Trinajstić information content (AvgIpc) is 2.84. The van der Waals surface area contributed by atoms with Gasteiger partial charge < -0.3 is 28.6 Å². The summed E-state index contributed by atoms with van der Waals surface area (Å²) in [4.78, 5) is 24.3. The smallest absolute Gasteiger partial charge is 0.341 e. The van der Waals surface area contributed by atoms with Gasteiger partial charge in [-0.1, -0.05) is 6.07 Å². The maximum atomic E-state index is 12.6. The number of nitrogens with zero attached hydrogens (tertiary/aromatic N) is 2. The highest BCUT2D eigenvalue weighted by Gasteiger charge is 2.30. The number of benzene rings is 2. The van der Waals surface area contributed by atoms with Crippen molar-refractivity contribution in [1.82, 2.24) is 4.57 Å². The minimum absolute atomic E-state index is 0.266. The maximum absolute atomic E-state index is 12.6. The van der Waals surface area contributed by atoms with Gasteiger partial charge >= 0.3 is 5.97 Å². The van der Waals surface area contributed by atoms with Crippen LogP contribution >= 0.6 is 0 Å². The number of ether oxygens (including phenoxy) is 4. The maximum Gasteiger partial charge on any atom is 0.341 e. The fourth-order valence-electron chi connectivity index (χ4n) is 4.01. The van der Waals surface area contributed by atoms with E-state index in [9.17, 15) is 20.0 Å². The second-order valence-electron chi connectivity index (χ2n) is 8.05. The van der Waals surface area contributed by atoms with Gasteiger partial charge in [-0.05, 0) is 30.7 Å². The predicted molar refractivity (Wildman–Crippen MR) is 126 cm³/mol. The third-order valence-corrected chi connectivity index (χ3v) is 5.62. The highest BCUT2D eigenvalue weighted by atomic mass is 16.5. The monoisotopic (exact) mass is 476 g/mol. The minimum Gasteiger partial charge on any atom is -0.497 e. The highest BCUT2D eigenvalue weighted by Crippen LogP contribution is 2.43. The van der Waals surface area contributed by atoms with Gasteiger partial charge in [0.2, 0.25) is 6.23 Å². The van der Waals surface area contributed by atoms with Gasteiger partial charge in [0.15, 0.2) is 5.43 Å². The normalized spacial score (nSPS) is 13.7. The third kappa shape index (κ3) is 4.69. The zero-order valence-corrected chi connectivity index (χ0v) is 19.5. The molecule has 1 atom stereocenters. The second kappa shape index (κ2) is 9.91. The number of fused-ring (bicyclic) bond motifs is 3. The van der Waals surface area contributed by atoms with Crippen LogP contribution in [0.25, 0.3) is 11.3 Å². The van der Waals surface area contributed by atoms with Crippen molar-refractivity contribution in [1.29, 1.82) is 5.26 Å². The Morgan fingerprint density at radius 2 is 1.97 bits per heavy atom. The van der Waals surface area contributed by atoms with E-state index in [0.717, 1.165) is 5.56 Å². The molecule has 2 heterocycles. The molecule has 0 spiro atoms. The molecule has 1 N–H and O–H groups in total. The van der Waals surface area contributed by atoms with E-state index in [1.807, 2.05) is 19.1 Å². The number of hydrogen-bond acceptors (Lipinski definition) is 7. The van der Waals surface area contributed by atoms with Gasteiger partial charge in [-0.15, -0.1) is 0 Å². The molecule has 180 valence electrons. The number of carboxylic acid groups (broad SMARTS) is 1. The molecule has 0 amide bonds. The molecule has 0 saturated heterocycles. The molecule has 1 unspecified atom stereocenters. The van der Waals surface area contributed by atoms with Crippen molar-refractivity contribution in [3.63, 3.8) is 0 Å². The number of carboxylic acids is 1.